The van der Waals surface area contributed by atoms with Gasteiger partial charge in [-0.1, -0.05) is 17.8 Å². The topological polar surface area (TPSA) is 77.1 Å². The van der Waals surface area contributed by atoms with Crippen molar-refractivity contribution in [3.8, 4) is 17.2 Å². The van der Waals surface area contributed by atoms with E-state index >= 15 is 0 Å². The number of hydrogen-bond acceptors (Lipinski definition) is 7. The lowest BCUT2D eigenvalue weighted by Crippen LogP contribution is -2.44. The number of halogens is 2. The molecular formula is C20H16F2N2O5S2. The second-order valence-corrected chi connectivity index (χ2v) is 7.65. The first-order valence-electron chi connectivity index (χ1n) is 8.68. The van der Waals surface area contributed by atoms with Gasteiger partial charge >= 0.3 is 6.61 Å². The minimum Gasteiger partial charge on any atom is -0.493 e. The lowest BCUT2D eigenvalue weighted by Gasteiger charge is -2.15. The fourth-order valence-corrected chi connectivity index (χ4v) is 3.79. The van der Waals surface area contributed by atoms with Crippen LogP contribution >= 0.6 is 24.0 Å². The van der Waals surface area contributed by atoms with Crippen LogP contribution in [0, 0.1) is 0 Å². The predicted molar refractivity (Wildman–Crippen MR) is 115 cm³/mol. The Morgan fingerprint density at radius 2 is 1.81 bits per heavy atom. The van der Waals surface area contributed by atoms with Gasteiger partial charge < -0.3 is 14.2 Å². The van der Waals surface area contributed by atoms with E-state index in [4.69, 9.17) is 21.7 Å². The van der Waals surface area contributed by atoms with Crippen molar-refractivity contribution < 1.29 is 32.6 Å². The molecule has 1 N–H and O–H groups in total. The van der Waals surface area contributed by atoms with E-state index in [2.05, 4.69) is 10.2 Å². The molecule has 1 aliphatic rings. The van der Waals surface area contributed by atoms with Gasteiger partial charge in [0, 0.05) is 5.56 Å². The zero-order valence-electron chi connectivity index (χ0n) is 16.3. The number of hydrogen-bond donors (Lipinski definition) is 1. The number of ether oxygens (including phenoxy) is 3. The minimum atomic E-state index is -2.97. The molecule has 2 aromatic carbocycles. The van der Waals surface area contributed by atoms with Crippen molar-refractivity contribution in [2.24, 2.45) is 0 Å². The number of carbonyl (C=O) groups excluding carboxylic acids is 2. The number of benzene rings is 2. The van der Waals surface area contributed by atoms with Gasteiger partial charge in [0.1, 0.15) is 5.75 Å². The fourth-order valence-electron chi connectivity index (χ4n) is 2.61. The highest BCUT2D eigenvalue weighted by Crippen LogP contribution is 2.34. The Hall–Kier alpha value is -3.18. The van der Waals surface area contributed by atoms with Gasteiger partial charge in [-0.25, -0.2) is 0 Å². The summed E-state index contributed by atoms with van der Waals surface area (Å²) < 4.78 is 39.3. The second-order valence-electron chi connectivity index (χ2n) is 5.98. The molecule has 2 aromatic rings. The summed E-state index contributed by atoms with van der Waals surface area (Å²) in [5, 5.41) is 0.957. The molecule has 0 aliphatic carbocycles. The van der Waals surface area contributed by atoms with Crippen LogP contribution in [0.1, 0.15) is 15.9 Å². The number of hydrazine groups is 1. The average Bonchev–Trinajstić information content (AvgIpc) is 3.01. The smallest absolute Gasteiger partial charge is 0.387 e. The van der Waals surface area contributed by atoms with Crippen LogP contribution in [0.25, 0.3) is 6.08 Å². The number of methoxy groups -OCH3 is 2. The molecule has 3 rings (SSSR count). The van der Waals surface area contributed by atoms with Crippen LogP contribution in [0.2, 0.25) is 0 Å². The van der Waals surface area contributed by atoms with Gasteiger partial charge in [-0.05, 0) is 60.3 Å². The first-order chi connectivity index (χ1) is 14.8. The molecule has 0 atom stereocenters. The summed E-state index contributed by atoms with van der Waals surface area (Å²) in [6.45, 7) is -2.97. The molecule has 31 heavy (non-hydrogen) atoms. The Balaban J connectivity index is 1.73. The summed E-state index contributed by atoms with van der Waals surface area (Å²) in [7, 11) is 3.02. The highest BCUT2D eigenvalue weighted by molar-refractivity contribution is 8.26. The standard InChI is InChI=1S/C20H16F2N2O5S2/c1-27-14-8-3-11(9-15(14)28-2)10-16-18(26)24(20(30)31-16)23-17(25)12-4-6-13(7-5-12)29-19(21)22/h3-10,19H,1-2H3,(H,23,25)/b16-10-. The number of nitrogens with zero attached hydrogens (tertiary/aromatic N) is 1. The molecule has 7 nitrogen and oxygen atoms in total. The molecule has 1 saturated heterocycles. The molecular weight excluding hydrogens is 450 g/mol. The Labute approximate surface area is 185 Å². The van der Waals surface area contributed by atoms with Crippen LogP contribution in [-0.4, -0.2) is 42.0 Å². The Bertz CT molecular complexity index is 1040. The highest BCUT2D eigenvalue weighted by atomic mass is 32.2. The van der Waals surface area contributed by atoms with Gasteiger partial charge in [-0.3, -0.25) is 15.0 Å². The van der Waals surface area contributed by atoms with Crippen molar-refractivity contribution >= 4 is 46.2 Å². The third-order valence-corrected chi connectivity index (χ3v) is 5.36. The molecule has 11 heteroatoms. The van der Waals surface area contributed by atoms with Crippen LogP contribution in [0.5, 0.6) is 17.2 Å². The minimum absolute atomic E-state index is 0.0879. The van der Waals surface area contributed by atoms with Gasteiger partial charge in [-0.2, -0.15) is 13.8 Å². The van der Waals surface area contributed by atoms with Crippen LogP contribution in [-0.2, 0) is 4.79 Å². The molecule has 0 unspecified atom stereocenters. The summed E-state index contributed by atoms with van der Waals surface area (Å²) in [5.41, 5.74) is 3.24. The maximum absolute atomic E-state index is 12.7. The van der Waals surface area contributed by atoms with E-state index in [9.17, 15) is 18.4 Å². The predicted octanol–water partition coefficient (Wildman–Crippen LogP) is 3.85. The third-order valence-electron chi connectivity index (χ3n) is 4.05. The zero-order chi connectivity index (χ0) is 22.5. The van der Waals surface area contributed by atoms with Gasteiger partial charge in [0.15, 0.2) is 15.8 Å². The molecule has 1 heterocycles. The molecule has 0 bridgehead atoms. The lowest BCUT2D eigenvalue weighted by molar-refractivity contribution is -0.123. The summed E-state index contributed by atoms with van der Waals surface area (Å²) in [6, 6.07) is 10.2. The number of thiocarbonyl (C=S) groups is 1. The van der Waals surface area contributed by atoms with Gasteiger partial charge in [0.05, 0.1) is 19.1 Å². The van der Waals surface area contributed by atoms with E-state index in [1.807, 2.05) is 0 Å². The first kappa shape index (κ1) is 22.5. The largest absolute Gasteiger partial charge is 0.493 e. The molecule has 0 aromatic heterocycles. The Morgan fingerprint density at radius 1 is 1.13 bits per heavy atom. The maximum atomic E-state index is 12.7. The molecule has 0 spiro atoms. The number of thioether (sulfide) groups is 1. The number of rotatable bonds is 7. The average molecular weight is 466 g/mol. The van der Waals surface area contributed by atoms with Gasteiger partial charge in [-0.15, -0.1) is 0 Å². The normalized spacial score (nSPS) is 14.9. The van der Waals surface area contributed by atoms with Crippen molar-refractivity contribution in [3.05, 3.63) is 58.5 Å². The molecule has 2 amide bonds. The SMILES string of the molecule is COc1ccc(/C=C2\SC(=S)N(NC(=O)c3ccc(OC(F)F)cc3)C2=O)cc1OC. The number of carbonyl (C=O) groups is 2. The summed E-state index contributed by atoms with van der Waals surface area (Å²) in [4.78, 5) is 25.5. The number of amides is 2. The van der Waals surface area contributed by atoms with E-state index in [1.165, 1.54) is 38.5 Å². The Morgan fingerprint density at radius 3 is 2.42 bits per heavy atom. The lowest BCUT2D eigenvalue weighted by atomic mass is 10.2. The third kappa shape index (κ3) is 5.30. The van der Waals surface area contributed by atoms with Crippen LogP contribution in [0.3, 0.4) is 0 Å². The monoisotopic (exact) mass is 466 g/mol. The maximum Gasteiger partial charge on any atom is 0.387 e. The van der Waals surface area contributed by atoms with Crippen LogP contribution in [0.15, 0.2) is 47.4 Å². The summed E-state index contributed by atoms with van der Waals surface area (Å²) >= 11 is 6.23. The zero-order valence-corrected chi connectivity index (χ0v) is 17.9. The van der Waals surface area contributed by atoms with Crippen LogP contribution in [0.4, 0.5) is 8.78 Å². The fraction of sp³-hybridized carbons (Fsp3) is 0.150. The van der Waals surface area contributed by atoms with Crippen molar-refractivity contribution in [1.82, 2.24) is 10.4 Å². The van der Waals surface area contributed by atoms with Crippen molar-refractivity contribution in [3.63, 3.8) is 0 Å². The van der Waals surface area contributed by atoms with E-state index in [0.29, 0.717) is 22.0 Å². The highest BCUT2D eigenvalue weighted by Gasteiger charge is 2.33. The van der Waals surface area contributed by atoms with E-state index < -0.39 is 18.4 Å². The first-order valence-corrected chi connectivity index (χ1v) is 9.90. The van der Waals surface area contributed by atoms with Crippen LogP contribution < -0.4 is 19.6 Å². The molecule has 1 aliphatic heterocycles. The summed E-state index contributed by atoms with van der Waals surface area (Å²) in [6.07, 6.45) is 1.61. The van der Waals surface area contributed by atoms with E-state index in [1.54, 1.807) is 24.3 Å². The van der Waals surface area contributed by atoms with E-state index in [-0.39, 0.29) is 15.6 Å². The molecule has 1 fully saturated rings. The molecule has 0 saturated carbocycles. The number of alkyl halides is 2. The van der Waals surface area contributed by atoms with Crippen molar-refractivity contribution in [2.75, 3.05) is 14.2 Å². The second kappa shape index (κ2) is 9.75. The van der Waals surface area contributed by atoms with Gasteiger partial charge in [0.2, 0.25) is 0 Å². The van der Waals surface area contributed by atoms with E-state index in [0.717, 1.165) is 16.8 Å². The summed E-state index contributed by atoms with van der Waals surface area (Å²) in [5.74, 6) is -0.179. The quantitative estimate of drug-likeness (QED) is 0.491. The molecule has 0 radical (unpaired) electrons. The number of nitrogens with one attached hydrogen (secondary N) is 1. The van der Waals surface area contributed by atoms with Gasteiger partial charge in [0.25, 0.3) is 11.8 Å². The van der Waals surface area contributed by atoms with Crippen molar-refractivity contribution in [2.45, 2.75) is 6.61 Å². The Kier molecular flexibility index (Phi) is 7.08. The molecule has 162 valence electrons. The van der Waals surface area contributed by atoms with Crippen molar-refractivity contribution in [1.29, 1.82) is 0 Å².